The molecule has 0 bridgehead atoms. The number of carbonyl (C=O) groups is 11. The number of alkyl halides is 17. The Morgan fingerprint density at radius 1 is 0.535 bits per heavy atom. The van der Waals surface area contributed by atoms with Crippen molar-refractivity contribution in [1.29, 1.82) is 5.26 Å². The standard InChI is InChI=1S/C17H20F3N3O5.C17H18F3N3O4.C12H10F3N3O2.C9H17N3O3.C9H15N3O2.C8H5F3O3.C4H9O.C2HF3O.CH2Cl2.CH4.K.H3N6O.Na/c1-15(2,3)28-14(26)23-8-16(9-23,13(21)25)22-12(24)10-5-4-6-11(7-10)27-17(18,19)20;1-15(2,3)27-14(25)23-8-16(9-23)13(24)21-12(22-16)10-5-4-6-11(7-10)26-17(18,19)20;13-12(14,15)20-8-3-1-2-7(4-8)9-17-10(19)11(18-9)5-16-6-11;1-8(2,3)15-7(14)12-4-9(11,5-12)6(10)13;1-8(2,3)14-7(13)12-5-9(11,4-10)6-12;9-8(10,11)14-6-3-1-2-5(4-6)7(12)13;1-4(2,3)5;3-2(4,5)1-6;2-1-3;;;1-2-3-4-5-6-7;/h4-7H,8-9H2,1-3H3,(H2,21,25)(H,22,24);4-7H,8-9H2,1-3H3,(H,21,22,24);1-4,16H,5-6H2,(H,17,18,19);4-5,11H2,1-3H3,(H2,10,13);5-6,11H2,1-3H3;1-4H,(H,12,13);1-3H3;1H;1H2;1H4;;(H3-,1,2,3,4,5,6,7);/q;;;;;;-1;;;;+1;-1;+1. The van der Waals surface area contributed by atoms with Crippen molar-refractivity contribution in [3.8, 4) is 29.1 Å². The minimum atomic E-state index is -4.91. The van der Waals surface area contributed by atoms with E-state index in [1.165, 1.54) is 74.2 Å². The Kier molecular flexibility index (Phi) is 51.4. The monoisotopic (exact) mass is 2130 g/mol. The molecule has 11 rings (SSSR count). The number of amidine groups is 2. The molecule has 2 spiro atoms. The Morgan fingerprint density at radius 3 is 1.12 bits per heavy atom. The number of carbonyl (C=O) groups excluding carboxylic acids is 10. The summed E-state index contributed by atoms with van der Waals surface area (Å²) in [7, 11) is 0. The number of halogens is 17. The number of aromatic carboxylic acids is 1. The number of nitrogens with two attached hydrogens (primary N) is 5. The second kappa shape index (κ2) is 54.8. The molecule has 142 heavy (non-hydrogen) atoms. The molecule has 0 saturated carbocycles. The first kappa shape index (κ1) is 133. The average molecular weight is 2130 g/mol. The molecular formula is C80H104Cl2F15KN21NaO22. The van der Waals surface area contributed by atoms with E-state index in [2.05, 4.69) is 82.5 Å². The van der Waals surface area contributed by atoms with E-state index in [4.69, 9.17) is 85.5 Å². The molecule has 43 nitrogen and oxygen atoms in total. The topological polar surface area (TPSA) is 628 Å². The van der Waals surface area contributed by atoms with Gasteiger partial charge in [0.2, 0.25) is 18.1 Å². The van der Waals surface area contributed by atoms with Gasteiger partial charge in [-0.15, -0.1) is 86.7 Å². The number of hydrogen-bond donors (Lipinski definition) is 11. The van der Waals surface area contributed by atoms with E-state index >= 15 is 0 Å². The van der Waals surface area contributed by atoms with Crippen molar-refractivity contribution >= 4 is 101 Å². The minimum absolute atomic E-state index is 0. The number of aliphatic imine (C=N–C) groups is 2. The van der Waals surface area contributed by atoms with Crippen LogP contribution in [0.3, 0.4) is 0 Å². The van der Waals surface area contributed by atoms with E-state index in [0.29, 0.717) is 18.7 Å². The van der Waals surface area contributed by atoms with Crippen molar-refractivity contribution in [2.45, 2.75) is 199 Å². The van der Waals surface area contributed by atoms with Crippen LogP contribution in [0.15, 0.2) is 128 Å². The molecule has 0 atom stereocenters. The number of carboxylic acids is 1. The fraction of sp³-hybridized carbons (Fsp3) is 0.525. The Bertz CT molecular complexity index is 5080. The van der Waals surface area contributed by atoms with E-state index in [-0.39, 0.29) is 186 Å². The molecule has 16 N–H and O–H groups in total. The zero-order valence-corrected chi connectivity index (χ0v) is 85.0. The molecule has 782 valence electrons. The average Bonchev–Trinajstić information content (AvgIpc) is 1.56. The van der Waals surface area contributed by atoms with Gasteiger partial charge in [0.25, 0.3) is 17.7 Å². The van der Waals surface area contributed by atoms with Crippen LogP contribution in [0.4, 0.5) is 85.0 Å². The summed E-state index contributed by atoms with van der Waals surface area (Å²) in [6, 6.07) is 21.0. The van der Waals surface area contributed by atoms with Crippen molar-refractivity contribution in [3.05, 3.63) is 125 Å². The molecule has 5 saturated heterocycles. The molecular weight excluding hydrogens is 2020 g/mol. The van der Waals surface area contributed by atoms with Gasteiger partial charge in [0.05, 0.1) is 69.3 Å². The van der Waals surface area contributed by atoms with E-state index in [9.17, 15) is 119 Å². The fourth-order valence-electron chi connectivity index (χ4n) is 10.6. The molecule has 5 fully saturated rings. The number of benzene rings is 4. The summed E-state index contributed by atoms with van der Waals surface area (Å²) in [6.45, 7) is 27.0. The van der Waals surface area contributed by atoms with Gasteiger partial charge in [0.15, 0.2) is 16.6 Å². The number of ether oxygens (including phenoxy) is 8. The van der Waals surface area contributed by atoms with Crippen LogP contribution in [0.25, 0.3) is 5.59 Å². The molecule has 0 aliphatic carbocycles. The first-order chi connectivity index (χ1) is 63.1. The van der Waals surface area contributed by atoms with Crippen LogP contribution >= 0.6 is 23.2 Å². The summed E-state index contributed by atoms with van der Waals surface area (Å²) in [5.74, 6) is -1.32. The van der Waals surface area contributed by atoms with Gasteiger partial charge < -0.3 is 123 Å². The summed E-state index contributed by atoms with van der Waals surface area (Å²) in [5.41, 5.74) is 15.4. The van der Waals surface area contributed by atoms with Crippen LogP contribution in [0.1, 0.15) is 143 Å². The summed E-state index contributed by atoms with van der Waals surface area (Å²) in [4.78, 5) is 139. The Morgan fingerprint density at radius 2 is 0.838 bits per heavy atom. The third kappa shape index (κ3) is 50.0. The molecule has 4 aromatic rings. The van der Waals surface area contributed by atoms with Crippen molar-refractivity contribution in [2.24, 2.45) is 59.7 Å². The molecule has 7 aliphatic rings. The molecule has 0 radical (unpaired) electrons. The Balaban J connectivity index is 0. The summed E-state index contributed by atoms with van der Waals surface area (Å²) in [5, 5.41) is 56.2. The Labute approximate surface area is 876 Å². The zero-order valence-electron chi connectivity index (χ0n) is 78.3. The quantitative estimate of drug-likeness (QED) is 0.0128. The summed E-state index contributed by atoms with van der Waals surface area (Å²) >= 11 is 9.53. The van der Waals surface area contributed by atoms with E-state index in [0.717, 1.165) is 36.4 Å². The molecule has 7 heterocycles. The van der Waals surface area contributed by atoms with Crippen molar-refractivity contribution in [3.63, 3.8) is 0 Å². The van der Waals surface area contributed by atoms with Gasteiger partial charge in [-0.25, -0.2) is 44.4 Å². The first-order valence-electron chi connectivity index (χ1n) is 39.4. The zero-order chi connectivity index (χ0) is 107. The smallest absolute Gasteiger partial charge is 0.850 e. The first-order valence-corrected chi connectivity index (χ1v) is 40.4. The van der Waals surface area contributed by atoms with Crippen molar-refractivity contribution in [1.82, 2.24) is 40.9 Å². The number of hydrogen-bond acceptors (Lipinski definition) is 29. The molecule has 0 unspecified atom stereocenters. The van der Waals surface area contributed by atoms with Crippen LogP contribution in [-0.2, 0) is 42.9 Å². The normalized spacial score (nSPS) is 16.2. The number of amides is 9. The van der Waals surface area contributed by atoms with Crippen molar-refractivity contribution in [2.75, 3.05) is 70.8 Å². The van der Waals surface area contributed by atoms with Gasteiger partial charge in [0, 0.05) is 29.8 Å². The maximum atomic E-state index is 12.4. The number of nitrogens with zero attached hydrogens (tertiary/aromatic N) is 12. The van der Waals surface area contributed by atoms with Crippen LogP contribution in [0, 0.1) is 11.3 Å². The van der Waals surface area contributed by atoms with Gasteiger partial charge in [-0.1, -0.05) is 69.8 Å². The largest absolute Gasteiger partial charge is 1.00 e. The SMILES string of the molecule is C.CC(C)(C)OC(=O)N1CC(N)(C#N)C1.CC(C)(C)OC(=O)N1CC(N)(C(N)=O)C1.CC(C)(C)OC(=O)N1CC(NC(=O)c2cccc(OC(F)(F)F)c2)(C(N)=O)C1.CC(C)(C)OC(=O)N1CC2(C1)N=C(c1cccc(OC(F)(F)F)c1)NC2=O.CC(C)(C)[O-].ClCCl.N/N=N/N=N/[N-]O.O=C(O)c1cccc(OC(F)(F)F)c1.O=C1NC(c2cccc(OC(F)(F)F)c2)=NC12CNC2.O=CC(F)(F)F.[K+].[Na+]. The van der Waals surface area contributed by atoms with E-state index in [1.807, 2.05) is 6.07 Å². The molecule has 0 aromatic heterocycles. The molecule has 4 aromatic carbocycles. The maximum absolute atomic E-state index is 12.4. The van der Waals surface area contributed by atoms with Gasteiger partial charge in [-0.3, -0.25) is 34.4 Å². The fourth-order valence-corrected chi connectivity index (χ4v) is 10.6. The number of rotatable bonds is 13. The molecule has 9 amide bonds. The number of nitrogens with one attached hydrogen (secondary N) is 4. The minimum Gasteiger partial charge on any atom is -0.850 e. The predicted molar refractivity (Wildman–Crippen MR) is 461 cm³/mol. The second-order valence-electron chi connectivity index (χ2n) is 34.5. The molecule has 62 heteroatoms. The van der Waals surface area contributed by atoms with Crippen LogP contribution in [0.2, 0.25) is 0 Å². The summed E-state index contributed by atoms with van der Waals surface area (Å²) < 4.78 is 213. The van der Waals surface area contributed by atoms with Gasteiger partial charge in [0.1, 0.15) is 68.2 Å². The van der Waals surface area contributed by atoms with E-state index < -0.39 is 165 Å². The molecule has 7 aliphatic heterocycles. The van der Waals surface area contributed by atoms with E-state index in [1.54, 1.807) is 110 Å². The van der Waals surface area contributed by atoms with Gasteiger partial charge >= 0.3 is 143 Å². The number of primary amides is 2. The third-order valence-electron chi connectivity index (χ3n) is 16.3. The third-order valence-corrected chi connectivity index (χ3v) is 16.3. The van der Waals surface area contributed by atoms with Crippen LogP contribution in [0.5, 0.6) is 23.0 Å². The predicted octanol–water partition coefficient (Wildman–Crippen LogP) is 4.52. The van der Waals surface area contributed by atoms with Crippen LogP contribution < -0.4 is 155 Å². The number of likely N-dealkylation sites (tertiary alicyclic amines) is 4. The van der Waals surface area contributed by atoms with Crippen molar-refractivity contribution < 1.29 is 253 Å². The number of aldehydes is 1. The Hall–Kier alpha value is -10.8. The van der Waals surface area contributed by atoms with Gasteiger partial charge in [-0.05, 0) is 144 Å². The number of carboxylic acid groups (broad SMARTS) is 1. The maximum Gasteiger partial charge on any atom is 1.00 e. The number of nitriles is 1. The summed E-state index contributed by atoms with van der Waals surface area (Å²) in [6.07, 6.45) is -27.1. The van der Waals surface area contributed by atoms with Gasteiger partial charge in [-0.2, -0.15) is 18.4 Å². The van der Waals surface area contributed by atoms with Crippen LogP contribution in [-0.4, -0.2) is 266 Å². The second-order valence-corrected chi connectivity index (χ2v) is 35.3.